The quantitative estimate of drug-likeness (QED) is 0.838. The van der Waals surface area contributed by atoms with Gasteiger partial charge >= 0.3 is 0 Å². The Morgan fingerprint density at radius 1 is 1.44 bits per heavy atom. The summed E-state index contributed by atoms with van der Waals surface area (Å²) < 4.78 is 1.36. The zero-order chi connectivity index (χ0) is 13.3. The van der Waals surface area contributed by atoms with Crippen molar-refractivity contribution in [2.45, 2.75) is 26.8 Å². The summed E-state index contributed by atoms with van der Waals surface area (Å²) in [6.45, 7) is 5.88. The van der Waals surface area contributed by atoms with Gasteiger partial charge in [-0.1, -0.05) is 13.8 Å². The van der Waals surface area contributed by atoms with Gasteiger partial charge in [-0.15, -0.1) is 0 Å². The molecule has 0 unspecified atom stereocenters. The molecule has 2 N–H and O–H groups in total. The average molecular weight is 249 g/mol. The third kappa shape index (κ3) is 2.72. The number of hydrogen-bond acceptors (Lipinski definition) is 3. The predicted molar refractivity (Wildman–Crippen MR) is 70.1 cm³/mol. The number of pyridine rings is 1. The molecular formula is C13H19N3O2. The molecule has 0 aromatic carbocycles. The number of aromatic nitrogens is 1. The molecule has 5 heteroatoms. The SMILES string of the molecule is CC1(C)CCN(C(=O)Cn2cc(N)ccc2=O)C1. The first-order valence-electron chi connectivity index (χ1n) is 6.11. The van der Waals surface area contributed by atoms with Crippen LogP contribution in [0.4, 0.5) is 5.69 Å². The van der Waals surface area contributed by atoms with Crippen molar-refractivity contribution in [1.82, 2.24) is 9.47 Å². The smallest absolute Gasteiger partial charge is 0.251 e. The molecule has 1 aromatic heterocycles. The molecule has 98 valence electrons. The van der Waals surface area contributed by atoms with E-state index in [2.05, 4.69) is 13.8 Å². The Labute approximate surface area is 106 Å². The highest BCUT2D eigenvalue weighted by molar-refractivity contribution is 5.76. The van der Waals surface area contributed by atoms with Crippen molar-refractivity contribution in [2.75, 3.05) is 18.8 Å². The number of carbonyl (C=O) groups is 1. The number of carbonyl (C=O) groups excluding carboxylic acids is 1. The summed E-state index contributed by atoms with van der Waals surface area (Å²) in [5.74, 6) is -0.0201. The Morgan fingerprint density at radius 3 is 2.78 bits per heavy atom. The Bertz CT molecular complexity index is 519. The average Bonchev–Trinajstić information content (AvgIpc) is 2.64. The first-order chi connectivity index (χ1) is 8.37. The molecule has 1 aromatic rings. The van der Waals surface area contributed by atoms with Gasteiger partial charge in [0, 0.05) is 31.0 Å². The highest BCUT2D eigenvalue weighted by Crippen LogP contribution is 2.28. The van der Waals surface area contributed by atoms with Crippen molar-refractivity contribution in [3.8, 4) is 0 Å². The lowest BCUT2D eigenvalue weighted by Gasteiger charge is -2.20. The summed E-state index contributed by atoms with van der Waals surface area (Å²) in [5.41, 5.74) is 6.08. The van der Waals surface area contributed by atoms with E-state index in [9.17, 15) is 9.59 Å². The summed E-state index contributed by atoms with van der Waals surface area (Å²) in [7, 11) is 0. The van der Waals surface area contributed by atoms with E-state index in [0.717, 1.165) is 19.5 Å². The minimum absolute atomic E-state index is 0.0201. The largest absolute Gasteiger partial charge is 0.398 e. The molecule has 1 saturated heterocycles. The molecule has 2 heterocycles. The van der Waals surface area contributed by atoms with Crippen molar-refractivity contribution in [1.29, 1.82) is 0 Å². The first kappa shape index (κ1) is 12.7. The molecule has 0 atom stereocenters. The van der Waals surface area contributed by atoms with Gasteiger partial charge in [-0.25, -0.2) is 0 Å². The van der Waals surface area contributed by atoms with Crippen molar-refractivity contribution < 1.29 is 4.79 Å². The van der Waals surface area contributed by atoms with Crippen molar-refractivity contribution in [3.63, 3.8) is 0 Å². The van der Waals surface area contributed by atoms with E-state index >= 15 is 0 Å². The molecule has 1 amide bonds. The molecular weight excluding hydrogens is 230 g/mol. The minimum atomic E-state index is -0.198. The Hall–Kier alpha value is -1.78. The second kappa shape index (κ2) is 4.48. The maximum Gasteiger partial charge on any atom is 0.251 e. The van der Waals surface area contributed by atoms with Gasteiger partial charge in [0.15, 0.2) is 0 Å². The van der Waals surface area contributed by atoms with Crippen molar-refractivity contribution in [3.05, 3.63) is 28.7 Å². The summed E-state index contributed by atoms with van der Waals surface area (Å²) in [5, 5.41) is 0. The van der Waals surface area contributed by atoms with Crippen LogP contribution in [0.3, 0.4) is 0 Å². The molecule has 0 spiro atoms. The van der Waals surface area contributed by atoms with Crippen LogP contribution >= 0.6 is 0 Å². The van der Waals surface area contributed by atoms with Crippen LogP contribution in [0.15, 0.2) is 23.1 Å². The van der Waals surface area contributed by atoms with Crippen LogP contribution in [0, 0.1) is 5.41 Å². The van der Waals surface area contributed by atoms with Gasteiger partial charge in [0.2, 0.25) is 5.91 Å². The zero-order valence-corrected chi connectivity index (χ0v) is 10.8. The van der Waals surface area contributed by atoms with E-state index in [1.807, 2.05) is 4.90 Å². The predicted octanol–water partition coefficient (Wildman–Crippen LogP) is 0.689. The van der Waals surface area contributed by atoms with Gasteiger partial charge in [-0.3, -0.25) is 9.59 Å². The lowest BCUT2D eigenvalue weighted by atomic mass is 9.93. The zero-order valence-electron chi connectivity index (χ0n) is 10.8. The fourth-order valence-corrected chi connectivity index (χ4v) is 2.24. The van der Waals surface area contributed by atoms with E-state index < -0.39 is 0 Å². The summed E-state index contributed by atoms with van der Waals surface area (Å²) in [4.78, 5) is 25.5. The van der Waals surface area contributed by atoms with E-state index in [1.165, 1.54) is 16.8 Å². The second-order valence-electron chi connectivity index (χ2n) is 5.66. The van der Waals surface area contributed by atoms with E-state index in [-0.39, 0.29) is 23.4 Å². The summed E-state index contributed by atoms with van der Waals surface area (Å²) in [6.07, 6.45) is 2.52. The van der Waals surface area contributed by atoms with Crippen LogP contribution in [-0.2, 0) is 11.3 Å². The molecule has 0 aliphatic carbocycles. The fourth-order valence-electron chi connectivity index (χ4n) is 2.24. The maximum atomic E-state index is 12.1. The molecule has 1 aliphatic rings. The third-order valence-corrected chi connectivity index (χ3v) is 3.34. The van der Waals surface area contributed by atoms with Crippen LogP contribution in [-0.4, -0.2) is 28.5 Å². The van der Waals surface area contributed by atoms with Gasteiger partial charge in [-0.2, -0.15) is 0 Å². The van der Waals surface area contributed by atoms with Gasteiger partial charge < -0.3 is 15.2 Å². The standard InChI is InChI=1S/C13H19N3O2/c1-13(2)5-6-15(9-13)12(18)8-16-7-10(14)3-4-11(16)17/h3-4,7H,5-6,8-9,14H2,1-2H3. The topological polar surface area (TPSA) is 68.3 Å². The number of nitrogens with zero attached hydrogens (tertiary/aromatic N) is 2. The van der Waals surface area contributed by atoms with Crippen LogP contribution in [0.25, 0.3) is 0 Å². The van der Waals surface area contributed by atoms with Gasteiger partial charge in [-0.05, 0) is 17.9 Å². The second-order valence-corrected chi connectivity index (χ2v) is 5.66. The van der Waals surface area contributed by atoms with E-state index in [1.54, 1.807) is 6.07 Å². The van der Waals surface area contributed by atoms with Gasteiger partial charge in [0.1, 0.15) is 6.54 Å². The highest BCUT2D eigenvalue weighted by Gasteiger charge is 2.31. The highest BCUT2D eigenvalue weighted by atomic mass is 16.2. The number of amides is 1. The lowest BCUT2D eigenvalue weighted by Crippen LogP contribution is -2.35. The monoisotopic (exact) mass is 249 g/mol. The van der Waals surface area contributed by atoms with Crippen LogP contribution in [0.1, 0.15) is 20.3 Å². The molecule has 1 fully saturated rings. The lowest BCUT2D eigenvalue weighted by molar-refractivity contribution is -0.131. The number of anilines is 1. The van der Waals surface area contributed by atoms with Crippen LogP contribution in [0.5, 0.6) is 0 Å². The number of hydrogen-bond donors (Lipinski definition) is 1. The normalized spacial score (nSPS) is 18.0. The Balaban J connectivity index is 2.08. The molecule has 18 heavy (non-hydrogen) atoms. The molecule has 0 radical (unpaired) electrons. The molecule has 5 nitrogen and oxygen atoms in total. The number of rotatable bonds is 2. The number of nitrogens with two attached hydrogens (primary N) is 1. The van der Waals surface area contributed by atoms with E-state index in [0.29, 0.717) is 5.69 Å². The summed E-state index contributed by atoms with van der Waals surface area (Å²) in [6, 6.07) is 2.93. The molecule has 2 rings (SSSR count). The fraction of sp³-hybridized carbons (Fsp3) is 0.538. The molecule has 0 bridgehead atoms. The van der Waals surface area contributed by atoms with Crippen LogP contribution < -0.4 is 11.3 Å². The Kier molecular flexibility index (Phi) is 3.15. The van der Waals surface area contributed by atoms with Gasteiger partial charge in [0.25, 0.3) is 5.56 Å². The molecule has 1 aliphatic heterocycles. The third-order valence-electron chi connectivity index (χ3n) is 3.34. The minimum Gasteiger partial charge on any atom is -0.398 e. The first-order valence-corrected chi connectivity index (χ1v) is 6.11. The number of likely N-dealkylation sites (tertiary alicyclic amines) is 1. The number of nitrogen functional groups attached to an aromatic ring is 1. The van der Waals surface area contributed by atoms with Crippen molar-refractivity contribution >= 4 is 11.6 Å². The van der Waals surface area contributed by atoms with Crippen LogP contribution in [0.2, 0.25) is 0 Å². The maximum absolute atomic E-state index is 12.1. The Morgan fingerprint density at radius 2 is 2.17 bits per heavy atom. The van der Waals surface area contributed by atoms with Crippen molar-refractivity contribution in [2.24, 2.45) is 5.41 Å². The van der Waals surface area contributed by atoms with E-state index in [4.69, 9.17) is 5.73 Å². The molecule has 0 saturated carbocycles. The van der Waals surface area contributed by atoms with Gasteiger partial charge in [0.05, 0.1) is 0 Å². The summed E-state index contributed by atoms with van der Waals surface area (Å²) >= 11 is 0.